The molecule has 9 nitrogen and oxygen atoms in total. The van der Waals surface area contributed by atoms with Crippen LogP contribution in [0.3, 0.4) is 0 Å². The van der Waals surface area contributed by atoms with Crippen LogP contribution in [0.2, 0.25) is 0 Å². The van der Waals surface area contributed by atoms with E-state index in [2.05, 4.69) is 30.9 Å². The molecule has 1 aliphatic rings. The average Bonchev–Trinajstić information content (AvgIpc) is 2.91. The lowest BCUT2D eigenvalue weighted by atomic mass is 10.3. The number of ether oxygens (including phenoxy) is 2. The smallest absolute Gasteiger partial charge is 0.434 e. The highest BCUT2D eigenvalue weighted by atomic mass is 79.9. The number of imidazole rings is 1. The summed E-state index contributed by atoms with van der Waals surface area (Å²) in [6, 6.07) is -0.438. The predicted molar refractivity (Wildman–Crippen MR) is 73.5 cm³/mol. The number of nitrogens with zero attached hydrogens (tertiary/aromatic N) is 5. The minimum atomic E-state index is -4.67. The van der Waals surface area contributed by atoms with Crippen molar-refractivity contribution in [2.24, 2.45) is 0 Å². The Morgan fingerprint density at radius 2 is 2.21 bits per heavy atom. The molecule has 0 saturated heterocycles. The SMILES string of the molecule is O=[N+]([O-])c1cn2c(n1)OCC(Oc1ncc(Br)c(C(F)(F)F)n1)C2. The molecule has 13 heteroatoms. The minimum Gasteiger partial charge on any atom is -0.455 e. The fourth-order valence-corrected chi connectivity index (χ4v) is 2.40. The van der Waals surface area contributed by atoms with E-state index in [-0.39, 0.29) is 23.6 Å². The highest BCUT2D eigenvalue weighted by Gasteiger charge is 2.36. The van der Waals surface area contributed by atoms with Crippen molar-refractivity contribution in [2.45, 2.75) is 18.8 Å². The first-order valence-electron chi connectivity index (χ1n) is 6.35. The maximum absolute atomic E-state index is 12.8. The molecule has 1 unspecified atom stereocenters. The Bertz CT molecular complexity index is 796. The van der Waals surface area contributed by atoms with Crippen LogP contribution in [0.5, 0.6) is 12.0 Å². The summed E-state index contributed by atoms with van der Waals surface area (Å²) >= 11 is 2.73. The molecular formula is C11H7BrF3N5O4. The highest BCUT2D eigenvalue weighted by molar-refractivity contribution is 9.10. The maximum atomic E-state index is 12.8. The van der Waals surface area contributed by atoms with Gasteiger partial charge in [0, 0.05) is 11.2 Å². The van der Waals surface area contributed by atoms with Gasteiger partial charge in [0.15, 0.2) is 11.8 Å². The lowest BCUT2D eigenvalue weighted by Gasteiger charge is -2.22. The number of nitro groups is 1. The van der Waals surface area contributed by atoms with Crippen molar-refractivity contribution < 1.29 is 27.6 Å². The monoisotopic (exact) mass is 409 g/mol. The summed E-state index contributed by atoms with van der Waals surface area (Å²) in [7, 11) is 0. The van der Waals surface area contributed by atoms with Crippen molar-refractivity contribution in [3.8, 4) is 12.0 Å². The molecule has 3 heterocycles. The van der Waals surface area contributed by atoms with Crippen LogP contribution in [0.15, 0.2) is 16.9 Å². The molecule has 0 fully saturated rings. The molecule has 0 N–H and O–H groups in total. The van der Waals surface area contributed by atoms with Crippen LogP contribution < -0.4 is 9.47 Å². The molecule has 2 aromatic heterocycles. The van der Waals surface area contributed by atoms with Gasteiger partial charge in [-0.05, 0) is 20.9 Å². The van der Waals surface area contributed by atoms with E-state index in [0.717, 1.165) is 12.4 Å². The first kappa shape index (κ1) is 16.4. The number of halogens is 4. The number of aromatic nitrogens is 4. The van der Waals surface area contributed by atoms with Gasteiger partial charge in [0.1, 0.15) is 12.8 Å². The van der Waals surface area contributed by atoms with Gasteiger partial charge in [-0.2, -0.15) is 18.2 Å². The second kappa shape index (κ2) is 5.89. The first-order chi connectivity index (χ1) is 11.2. The predicted octanol–water partition coefficient (Wildman–Crippen LogP) is 2.20. The van der Waals surface area contributed by atoms with Gasteiger partial charge in [-0.1, -0.05) is 0 Å². The Morgan fingerprint density at radius 3 is 2.88 bits per heavy atom. The van der Waals surface area contributed by atoms with E-state index in [0.29, 0.717) is 0 Å². The quantitative estimate of drug-likeness (QED) is 0.564. The second-order valence-corrected chi connectivity index (χ2v) is 5.54. The summed E-state index contributed by atoms with van der Waals surface area (Å²) in [6.07, 6.45) is -3.31. The fraction of sp³-hybridized carbons (Fsp3) is 0.364. The number of hydrogen-bond donors (Lipinski definition) is 0. The summed E-state index contributed by atoms with van der Waals surface area (Å²) in [6.45, 7) is 0.0336. The summed E-state index contributed by atoms with van der Waals surface area (Å²) in [4.78, 5) is 20.6. The van der Waals surface area contributed by atoms with Crippen LogP contribution in [0.25, 0.3) is 0 Å². The summed E-state index contributed by atoms with van der Waals surface area (Å²) in [5, 5.41) is 10.7. The largest absolute Gasteiger partial charge is 0.455 e. The van der Waals surface area contributed by atoms with Crippen molar-refractivity contribution in [1.82, 2.24) is 19.5 Å². The van der Waals surface area contributed by atoms with E-state index in [1.807, 2.05) is 0 Å². The molecule has 0 aromatic carbocycles. The molecule has 0 aliphatic carbocycles. The van der Waals surface area contributed by atoms with E-state index < -0.39 is 34.7 Å². The number of rotatable bonds is 3. The van der Waals surface area contributed by atoms with Crippen molar-refractivity contribution in [3.05, 3.63) is 32.7 Å². The Labute approximate surface area is 139 Å². The Balaban J connectivity index is 1.77. The molecule has 24 heavy (non-hydrogen) atoms. The Hall–Kier alpha value is -2.44. The zero-order valence-corrected chi connectivity index (χ0v) is 13.1. The minimum absolute atomic E-state index is 0.0363. The third-order valence-electron chi connectivity index (χ3n) is 2.98. The molecule has 0 spiro atoms. The average molecular weight is 410 g/mol. The van der Waals surface area contributed by atoms with E-state index in [1.54, 1.807) is 0 Å². The highest BCUT2D eigenvalue weighted by Crippen LogP contribution is 2.34. The van der Waals surface area contributed by atoms with Crippen LogP contribution in [0.4, 0.5) is 19.0 Å². The third kappa shape index (κ3) is 3.25. The topological polar surface area (TPSA) is 105 Å². The van der Waals surface area contributed by atoms with Gasteiger partial charge in [0.2, 0.25) is 0 Å². The number of hydrogen-bond acceptors (Lipinski definition) is 7. The third-order valence-corrected chi connectivity index (χ3v) is 3.56. The van der Waals surface area contributed by atoms with E-state index in [9.17, 15) is 23.3 Å². The van der Waals surface area contributed by atoms with Crippen molar-refractivity contribution in [1.29, 1.82) is 0 Å². The maximum Gasteiger partial charge on any atom is 0.434 e. The van der Waals surface area contributed by atoms with Crippen molar-refractivity contribution in [3.63, 3.8) is 0 Å². The molecule has 0 amide bonds. The molecule has 0 bridgehead atoms. The van der Waals surface area contributed by atoms with Gasteiger partial charge < -0.3 is 19.6 Å². The number of fused-ring (bicyclic) bond motifs is 1. The molecule has 128 valence electrons. The number of alkyl halides is 3. The zero-order valence-electron chi connectivity index (χ0n) is 11.5. The van der Waals surface area contributed by atoms with Crippen LogP contribution in [-0.4, -0.2) is 37.2 Å². The molecule has 3 rings (SSSR count). The standard InChI is InChI=1S/C11H7BrF3N5O4/c12-6-1-16-9(18-8(6)11(13,14)15)24-5-2-19-3-7(20(21)22)17-10(19)23-4-5/h1,3,5H,2,4H2. The lowest BCUT2D eigenvalue weighted by molar-refractivity contribution is -0.389. The van der Waals surface area contributed by atoms with E-state index >= 15 is 0 Å². The lowest BCUT2D eigenvalue weighted by Crippen LogP contribution is -2.35. The summed E-state index contributed by atoms with van der Waals surface area (Å²) < 4.78 is 49.9. The van der Waals surface area contributed by atoms with Crippen molar-refractivity contribution >= 4 is 21.7 Å². The van der Waals surface area contributed by atoms with Gasteiger partial charge in [-0.25, -0.2) is 4.98 Å². The van der Waals surface area contributed by atoms with Crippen molar-refractivity contribution in [2.75, 3.05) is 6.61 Å². The van der Waals surface area contributed by atoms with Gasteiger partial charge in [-0.3, -0.25) is 4.57 Å². The Kier molecular flexibility index (Phi) is 4.03. The van der Waals surface area contributed by atoms with Crippen LogP contribution in [-0.2, 0) is 12.7 Å². The first-order valence-corrected chi connectivity index (χ1v) is 7.14. The second-order valence-electron chi connectivity index (χ2n) is 4.69. The molecule has 0 radical (unpaired) electrons. The molecule has 1 aliphatic heterocycles. The van der Waals surface area contributed by atoms with Gasteiger partial charge in [0.25, 0.3) is 0 Å². The fourth-order valence-electron chi connectivity index (χ4n) is 1.99. The van der Waals surface area contributed by atoms with E-state index in [1.165, 1.54) is 4.57 Å². The Morgan fingerprint density at radius 1 is 1.46 bits per heavy atom. The molecule has 0 saturated carbocycles. The zero-order chi connectivity index (χ0) is 17.5. The van der Waals surface area contributed by atoms with Gasteiger partial charge >= 0.3 is 24.0 Å². The van der Waals surface area contributed by atoms with Crippen LogP contribution in [0.1, 0.15) is 5.69 Å². The normalized spacial score (nSPS) is 17.1. The molecule has 2 aromatic rings. The van der Waals surface area contributed by atoms with Crippen LogP contribution in [0, 0.1) is 10.1 Å². The van der Waals surface area contributed by atoms with Gasteiger partial charge in [0.05, 0.1) is 11.0 Å². The summed E-state index contributed by atoms with van der Waals surface area (Å²) in [5.74, 6) is -0.398. The molecule has 1 atom stereocenters. The molecular weight excluding hydrogens is 403 g/mol. The summed E-state index contributed by atoms with van der Waals surface area (Å²) in [5.41, 5.74) is -1.16. The van der Waals surface area contributed by atoms with Crippen LogP contribution >= 0.6 is 15.9 Å². The van der Waals surface area contributed by atoms with E-state index in [4.69, 9.17) is 9.47 Å². The van der Waals surface area contributed by atoms with Gasteiger partial charge in [-0.15, -0.1) is 0 Å².